The number of carbonyl (C=O) groups excluding carboxylic acids is 1. The fourth-order valence-electron chi connectivity index (χ4n) is 1.92. The number of hydrogen-bond acceptors (Lipinski definition) is 2. The smallest absolute Gasteiger partial charge is 0.309 e. The summed E-state index contributed by atoms with van der Waals surface area (Å²) in [6.45, 7) is 0. The Labute approximate surface area is 107 Å². The molecule has 0 radical (unpaired) electrons. The predicted octanol–water partition coefficient (Wildman–Crippen LogP) is 2.99. The molecule has 0 aliphatic heterocycles. The maximum Gasteiger partial charge on any atom is 0.309 e. The lowest BCUT2D eigenvalue weighted by molar-refractivity contribution is -0.139. The maximum absolute atomic E-state index is 11.2. The number of ether oxygens (including phenoxy) is 1. The van der Waals surface area contributed by atoms with Crippen LogP contribution in [0, 0.1) is 0 Å². The van der Waals surface area contributed by atoms with Gasteiger partial charge in [0.25, 0.3) is 0 Å². The highest BCUT2D eigenvalue weighted by molar-refractivity contribution is 5.72. The first-order valence-electron chi connectivity index (χ1n) is 5.96. The van der Waals surface area contributed by atoms with Crippen LogP contribution < -0.4 is 0 Å². The second-order valence-electron chi connectivity index (χ2n) is 4.24. The summed E-state index contributed by atoms with van der Waals surface area (Å²) in [6, 6.07) is 18.4. The van der Waals surface area contributed by atoms with E-state index in [4.69, 9.17) is 0 Å². The molecule has 0 amide bonds. The van der Waals surface area contributed by atoms with Gasteiger partial charge >= 0.3 is 5.97 Å². The van der Waals surface area contributed by atoms with Gasteiger partial charge in [0.05, 0.1) is 13.5 Å². The molecule has 0 spiro atoms. The Bertz CT molecular complexity index is 518. The molecule has 0 bridgehead atoms. The molecule has 0 aliphatic carbocycles. The van der Waals surface area contributed by atoms with Crippen molar-refractivity contribution in [1.82, 2.24) is 0 Å². The van der Waals surface area contributed by atoms with E-state index in [9.17, 15) is 4.79 Å². The van der Waals surface area contributed by atoms with E-state index in [2.05, 4.69) is 29.0 Å². The zero-order valence-electron chi connectivity index (χ0n) is 10.4. The number of hydrogen-bond donors (Lipinski definition) is 0. The van der Waals surface area contributed by atoms with Crippen molar-refractivity contribution in [2.45, 2.75) is 12.8 Å². The highest BCUT2D eigenvalue weighted by Gasteiger charge is 2.03. The summed E-state index contributed by atoms with van der Waals surface area (Å²) in [5, 5.41) is 0. The summed E-state index contributed by atoms with van der Waals surface area (Å²) in [5.74, 6) is -0.202. The van der Waals surface area contributed by atoms with E-state index < -0.39 is 0 Å². The van der Waals surface area contributed by atoms with Crippen LogP contribution in [0.4, 0.5) is 0 Å². The van der Waals surface area contributed by atoms with Gasteiger partial charge < -0.3 is 4.74 Å². The van der Waals surface area contributed by atoms with Crippen molar-refractivity contribution in [3.05, 3.63) is 71.3 Å². The molecule has 0 aromatic heterocycles. The third kappa shape index (κ3) is 3.45. The molecule has 2 nitrogen and oxygen atoms in total. The fraction of sp³-hybridized carbons (Fsp3) is 0.188. The Morgan fingerprint density at radius 2 is 1.61 bits per heavy atom. The lowest BCUT2D eigenvalue weighted by Gasteiger charge is -2.05. The van der Waals surface area contributed by atoms with Gasteiger partial charge in [-0.1, -0.05) is 54.6 Å². The standard InChI is InChI=1S/C16H16O2/c1-18-16(17)12-15-9-5-8-14(11-15)10-13-6-3-2-4-7-13/h2-9,11H,10,12H2,1H3. The van der Waals surface area contributed by atoms with Gasteiger partial charge in [0.1, 0.15) is 0 Å². The number of benzene rings is 2. The minimum absolute atomic E-state index is 0.202. The fourth-order valence-corrected chi connectivity index (χ4v) is 1.92. The van der Waals surface area contributed by atoms with Gasteiger partial charge in [-0.3, -0.25) is 4.79 Å². The summed E-state index contributed by atoms with van der Waals surface area (Å²) >= 11 is 0. The van der Waals surface area contributed by atoms with E-state index in [0.717, 1.165) is 12.0 Å². The summed E-state index contributed by atoms with van der Waals surface area (Å²) in [5.41, 5.74) is 3.48. The largest absolute Gasteiger partial charge is 0.469 e. The molecule has 2 aromatic rings. The Morgan fingerprint density at radius 1 is 0.944 bits per heavy atom. The van der Waals surface area contributed by atoms with Gasteiger partial charge in [-0.05, 0) is 23.1 Å². The molecule has 0 atom stereocenters. The summed E-state index contributed by atoms with van der Waals surface area (Å²) in [7, 11) is 1.41. The average molecular weight is 240 g/mol. The molecule has 2 aromatic carbocycles. The highest BCUT2D eigenvalue weighted by atomic mass is 16.5. The first-order chi connectivity index (χ1) is 8.78. The van der Waals surface area contributed by atoms with E-state index in [1.54, 1.807) is 0 Å². The van der Waals surface area contributed by atoms with Crippen molar-refractivity contribution in [2.24, 2.45) is 0 Å². The highest BCUT2D eigenvalue weighted by Crippen LogP contribution is 2.12. The van der Waals surface area contributed by atoms with E-state index in [0.29, 0.717) is 6.42 Å². The first kappa shape index (κ1) is 12.4. The Kier molecular flexibility index (Phi) is 4.13. The Morgan fingerprint density at radius 3 is 2.33 bits per heavy atom. The predicted molar refractivity (Wildman–Crippen MR) is 71.4 cm³/mol. The van der Waals surface area contributed by atoms with Crippen LogP contribution in [0.3, 0.4) is 0 Å². The van der Waals surface area contributed by atoms with Crippen LogP contribution in [-0.4, -0.2) is 13.1 Å². The van der Waals surface area contributed by atoms with Gasteiger partial charge in [-0.15, -0.1) is 0 Å². The topological polar surface area (TPSA) is 26.3 Å². The first-order valence-corrected chi connectivity index (χ1v) is 5.96. The molecule has 0 N–H and O–H groups in total. The van der Waals surface area contributed by atoms with Crippen LogP contribution in [0.2, 0.25) is 0 Å². The van der Waals surface area contributed by atoms with E-state index in [1.165, 1.54) is 18.2 Å². The quantitative estimate of drug-likeness (QED) is 0.768. The van der Waals surface area contributed by atoms with Gasteiger partial charge in [0, 0.05) is 0 Å². The molecule has 0 aliphatic rings. The average Bonchev–Trinajstić information content (AvgIpc) is 2.40. The van der Waals surface area contributed by atoms with Crippen LogP contribution in [-0.2, 0) is 22.4 Å². The molecule has 92 valence electrons. The van der Waals surface area contributed by atoms with Crippen LogP contribution in [0.1, 0.15) is 16.7 Å². The lowest BCUT2D eigenvalue weighted by Crippen LogP contribution is -2.04. The van der Waals surface area contributed by atoms with Crippen molar-refractivity contribution in [3.8, 4) is 0 Å². The number of carbonyl (C=O) groups is 1. The summed E-state index contributed by atoms with van der Waals surface area (Å²) in [4.78, 5) is 11.2. The normalized spacial score (nSPS) is 10.1. The van der Waals surface area contributed by atoms with Gasteiger partial charge in [-0.25, -0.2) is 0 Å². The molecule has 0 saturated heterocycles. The van der Waals surface area contributed by atoms with E-state index in [-0.39, 0.29) is 5.97 Å². The number of esters is 1. The molecule has 0 heterocycles. The van der Waals surface area contributed by atoms with Crippen LogP contribution in [0.5, 0.6) is 0 Å². The minimum atomic E-state index is -0.202. The number of rotatable bonds is 4. The molecule has 18 heavy (non-hydrogen) atoms. The van der Waals surface area contributed by atoms with E-state index in [1.807, 2.05) is 30.3 Å². The second-order valence-corrected chi connectivity index (χ2v) is 4.24. The molecule has 2 rings (SSSR count). The van der Waals surface area contributed by atoms with Gasteiger partial charge in [0.15, 0.2) is 0 Å². The molecular weight excluding hydrogens is 224 g/mol. The van der Waals surface area contributed by atoms with Crippen LogP contribution in [0.25, 0.3) is 0 Å². The number of methoxy groups -OCH3 is 1. The van der Waals surface area contributed by atoms with Crippen LogP contribution >= 0.6 is 0 Å². The van der Waals surface area contributed by atoms with Crippen LogP contribution in [0.15, 0.2) is 54.6 Å². The molecule has 0 fully saturated rings. The van der Waals surface area contributed by atoms with Crippen molar-refractivity contribution >= 4 is 5.97 Å². The Balaban J connectivity index is 2.10. The molecule has 2 heteroatoms. The third-order valence-corrected chi connectivity index (χ3v) is 2.82. The summed E-state index contributed by atoms with van der Waals surface area (Å²) < 4.78 is 4.67. The second kappa shape index (κ2) is 6.01. The lowest BCUT2D eigenvalue weighted by atomic mass is 10.0. The van der Waals surface area contributed by atoms with Gasteiger partial charge in [0.2, 0.25) is 0 Å². The zero-order chi connectivity index (χ0) is 12.8. The van der Waals surface area contributed by atoms with Crippen molar-refractivity contribution in [2.75, 3.05) is 7.11 Å². The van der Waals surface area contributed by atoms with Gasteiger partial charge in [-0.2, -0.15) is 0 Å². The van der Waals surface area contributed by atoms with Crippen molar-refractivity contribution in [3.63, 3.8) is 0 Å². The third-order valence-electron chi connectivity index (χ3n) is 2.82. The SMILES string of the molecule is COC(=O)Cc1cccc(Cc2ccccc2)c1. The summed E-state index contributed by atoms with van der Waals surface area (Å²) in [6.07, 6.45) is 1.22. The Hall–Kier alpha value is -2.09. The molecular formula is C16H16O2. The van der Waals surface area contributed by atoms with Crippen molar-refractivity contribution in [1.29, 1.82) is 0 Å². The van der Waals surface area contributed by atoms with E-state index >= 15 is 0 Å². The monoisotopic (exact) mass is 240 g/mol. The molecule has 0 unspecified atom stereocenters. The minimum Gasteiger partial charge on any atom is -0.469 e. The van der Waals surface area contributed by atoms with Crippen molar-refractivity contribution < 1.29 is 9.53 Å². The molecule has 0 saturated carbocycles. The maximum atomic E-state index is 11.2. The zero-order valence-corrected chi connectivity index (χ0v) is 10.4.